The third-order valence-corrected chi connectivity index (χ3v) is 4.18. The van der Waals surface area contributed by atoms with Gasteiger partial charge in [0.2, 0.25) is 0 Å². The molecule has 0 aromatic carbocycles. The highest BCUT2D eigenvalue weighted by Gasteiger charge is 2.28. The van der Waals surface area contributed by atoms with Crippen molar-refractivity contribution in [1.29, 1.82) is 0 Å². The van der Waals surface area contributed by atoms with Crippen LogP contribution in [-0.4, -0.2) is 14.7 Å². The fourth-order valence-corrected chi connectivity index (χ4v) is 3.25. The number of aromatic nitrogens is 2. The van der Waals surface area contributed by atoms with Crippen molar-refractivity contribution in [3.63, 3.8) is 0 Å². The van der Waals surface area contributed by atoms with E-state index in [0.717, 1.165) is 29.0 Å². The molecule has 2 rings (SSSR count). The minimum absolute atomic E-state index is 0.0609. The van der Waals surface area contributed by atoms with Crippen LogP contribution in [0.1, 0.15) is 69.6 Å². The normalized spacial score (nSPS) is 19.2. The maximum atomic E-state index is 10.6. The van der Waals surface area contributed by atoms with Crippen LogP contribution in [0.5, 0.6) is 0 Å². The molecule has 0 bridgehead atoms. The predicted octanol–water partition coefficient (Wildman–Crippen LogP) is 3.76. The van der Waals surface area contributed by atoms with Gasteiger partial charge in [0.15, 0.2) is 0 Å². The lowest BCUT2D eigenvalue weighted by Crippen LogP contribution is -2.16. The number of hydrogen-bond donors (Lipinski definition) is 1. The molecule has 1 aromatic rings. The van der Waals surface area contributed by atoms with Gasteiger partial charge in [-0.05, 0) is 42.8 Å². The van der Waals surface area contributed by atoms with Crippen molar-refractivity contribution in [3.05, 3.63) is 22.2 Å². The summed E-state index contributed by atoms with van der Waals surface area (Å²) in [6.45, 7) is 6.34. The van der Waals surface area contributed by atoms with E-state index in [-0.39, 0.29) is 5.41 Å². The summed E-state index contributed by atoms with van der Waals surface area (Å²) in [4.78, 5) is 0.927. The predicted molar refractivity (Wildman–Crippen MR) is 74.7 cm³/mol. The van der Waals surface area contributed by atoms with Crippen molar-refractivity contribution in [2.45, 2.75) is 64.4 Å². The molecule has 1 atom stereocenters. The van der Waals surface area contributed by atoms with E-state index in [1.54, 1.807) is 0 Å². The molecule has 0 saturated carbocycles. The van der Waals surface area contributed by atoms with E-state index in [9.17, 15) is 5.11 Å². The van der Waals surface area contributed by atoms with Crippen LogP contribution in [0.2, 0.25) is 0 Å². The topological polar surface area (TPSA) is 46.0 Å². The summed E-state index contributed by atoms with van der Waals surface area (Å²) in [5.74, 6) is 0. The molecule has 1 heterocycles. The summed E-state index contributed by atoms with van der Waals surface area (Å²) < 4.78 is 4.03. The highest BCUT2D eigenvalue weighted by Crippen LogP contribution is 2.36. The second-order valence-electron chi connectivity index (χ2n) is 6.02. The van der Waals surface area contributed by atoms with Gasteiger partial charge in [-0.1, -0.05) is 37.8 Å². The molecule has 1 aromatic heterocycles. The van der Waals surface area contributed by atoms with Gasteiger partial charge in [-0.2, -0.15) is 0 Å². The van der Waals surface area contributed by atoms with Crippen LogP contribution in [0.25, 0.3) is 0 Å². The van der Waals surface area contributed by atoms with Crippen LogP contribution in [0.4, 0.5) is 0 Å². The van der Waals surface area contributed by atoms with E-state index in [4.69, 9.17) is 0 Å². The molecule has 100 valence electrons. The van der Waals surface area contributed by atoms with Crippen molar-refractivity contribution in [2.24, 2.45) is 0 Å². The number of nitrogens with zero attached hydrogens (tertiary/aromatic N) is 2. The van der Waals surface area contributed by atoms with E-state index in [1.807, 2.05) is 0 Å². The van der Waals surface area contributed by atoms with Crippen molar-refractivity contribution in [2.75, 3.05) is 0 Å². The molecule has 4 heteroatoms. The van der Waals surface area contributed by atoms with Crippen LogP contribution in [0.15, 0.2) is 11.6 Å². The molecular weight excluding hydrogens is 244 g/mol. The van der Waals surface area contributed by atoms with E-state index in [0.29, 0.717) is 0 Å². The summed E-state index contributed by atoms with van der Waals surface area (Å²) in [6, 6.07) is 0. The molecule has 0 saturated heterocycles. The molecule has 0 amide bonds. The quantitative estimate of drug-likeness (QED) is 0.829. The van der Waals surface area contributed by atoms with E-state index < -0.39 is 6.10 Å². The average molecular weight is 266 g/mol. The Hall–Kier alpha value is -0.740. The molecule has 0 aliphatic heterocycles. The molecule has 0 spiro atoms. The molecule has 3 nitrogen and oxygen atoms in total. The zero-order chi connectivity index (χ0) is 13.2. The van der Waals surface area contributed by atoms with Gasteiger partial charge in [0.1, 0.15) is 6.10 Å². The first kappa shape index (κ1) is 13.7. The van der Waals surface area contributed by atoms with Crippen LogP contribution in [-0.2, 0) is 5.41 Å². The SMILES string of the molecule is CC(C)(C)c1nnsc1C(O)C1=CCCCCC1. The Morgan fingerprint density at radius 2 is 2.06 bits per heavy atom. The number of aliphatic hydroxyl groups is 1. The molecule has 0 radical (unpaired) electrons. The molecule has 1 unspecified atom stereocenters. The first-order valence-corrected chi connectivity index (χ1v) is 7.47. The highest BCUT2D eigenvalue weighted by molar-refractivity contribution is 7.05. The molecule has 0 fully saturated rings. The largest absolute Gasteiger partial charge is 0.383 e. The molecule has 1 aliphatic carbocycles. The molecule has 1 aliphatic rings. The summed E-state index contributed by atoms with van der Waals surface area (Å²) in [5.41, 5.74) is 2.03. The first-order valence-electron chi connectivity index (χ1n) is 6.70. The Kier molecular flexibility index (Phi) is 4.17. The van der Waals surface area contributed by atoms with Crippen LogP contribution >= 0.6 is 11.5 Å². The van der Waals surface area contributed by atoms with Gasteiger partial charge in [-0.15, -0.1) is 5.10 Å². The van der Waals surface area contributed by atoms with Gasteiger partial charge in [0.25, 0.3) is 0 Å². The summed E-state index contributed by atoms with van der Waals surface area (Å²) >= 11 is 1.33. The minimum atomic E-state index is -0.502. The Labute approximate surface area is 113 Å². The van der Waals surface area contributed by atoms with Crippen molar-refractivity contribution >= 4 is 11.5 Å². The van der Waals surface area contributed by atoms with E-state index >= 15 is 0 Å². The second kappa shape index (κ2) is 5.49. The Bertz CT molecular complexity index is 431. The zero-order valence-electron chi connectivity index (χ0n) is 11.4. The Morgan fingerprint density at radius 3 is 2.78 bits per heavy atom. The third kappa shape index (κ3) is 2.98. The Balaban J connectivity index is 2.26. The third-order valence-electron chi connectivity index (χ3n) is 3.40. The molecular formula is C14H22N2OS. The van der Waals surface area contributed by atoms with Crippen molar-refractivity contribution in [1.82, 2.24) is 9.59 Å². The fourth-order valence-electron chi connectivity index (χ4n) is 2.35. The van der Waals surface area contributed by atoms with Crippen LogP contribution in [0.3, 0.4) is 0 Å². The zero-order valence-corrected chi connectivity index (χ0v) is 12.3. The smallest absolute Gasteiger partial charge is 0.113 e. The lowest BCUT2D eigenvalue weighted by atomic mass is 9.89. The van der Waals surface area contributed by atoms with Gasteiger partial charge in [0.05, 0.1) is 10.6 Å². The highest BCUT2D eigenvalue weighted by atomic mass is 32.1. The number of aliphatic hydroxyl groups excluding tert-OH is 1. The van der Waals surface area contributed by atoms with Gasteiger partial charge in [-0.3, -0.25) is 0 Å². The van der Waals surface area contributed by atoms with Gasteiger partial charge >= 0.3 is 0 Å². The van der Waals surface area contributed by atoms with E-state index in [2.05, 4.69) is 36.4 Å². The maximum absolute atomic E-state index is 10.6. The van der Waals surface area contributed by atoms with Gasteiger partial charge in [0, 0.05) is 5.41 Å². The Morgan fingerprint density at radius 1 is 1.28 bits per heavy atom. The van der Waals surface area contributed by atoms with Crippen molar-refractivity contribution in [3.8, 4) is 0 Å². The number of rotatable bonds is 2. The van der Waals surface area contributed by atoms with Gasteiger partial charge in [-0.25, -0.2) is 0 Å². The first-order chi connectivity index (χ1) is 8.50. The summed E-state index contributed by atoms with van der Waals surface area (Å²) in [5, 5.41) is 14.8. The lowest BCUT2D eigenvalue weighted by Gasteiger charge is -2.20. The average Bonchev–Trinajstić information content (AvgIpc) is 2.64. The lowest BCUT2D eigenvalue weighted by molar-refractivity contribution is 0.211. The number of allylic oxidation sites excluding steroid dienone is 1. The standard InChI is InChI=1S/C14H22N2OS/c1-14(2,3)13-12(18-16-15-13)11(17)10-8-6-4-5-7-9-10/h8,11,17H,4-7,9H2,1-3H3. The number of hydrogen-bond acceptors (Lipinski definition) is 4. The summed E-state index contributed by atoms with van der Waals surface area (Å²) in [6.07, 6.45) is 7.48. The van der Waals surface area contributed by atoms with Crippen molar-refractivity contribution < 1.29 is 5.11 Å². The minimum Gasteiger partial charge on any atom is -0.383 e. The maximum Gasteiger partial charge on any atom is 0.113 e. The van der Waals surface area contributed by atoms with E-state index in [1.165, 1.54) is 30.8 Å². The van der Waals surface area contributed by atoms with Gasteiger partial charge < -0.3 is 5.11 Å². The van der Waals surface area contributed by atoms with Crippen LogP contribution in [0, 0.1) is 0 Å². The monoisotopic (exact) mass is 266 g/mol. The van der Waals surface area contributed by atoms with Crippen LogP contribution < -0.4 is 0 Å². The molecule has 1 N–H and O–H groups in total. The summed E-state index contributed by atoms with van der Waals surface area (Å²) in [7, 11) is 0. The molecule has 18 heavy (non-hydrogen) atoms. The second-order valence-corrected chi connectivity index (χ2v) is 6.80. The fraction of sp³-hybridized carbons (Fsp3) is 0.714.